The van der Waals surface area contributed by atoms with Gasteiger partial charge in [-0.25, -0.2) is 4.79 Å². The highest BCUT2D eigenvalue weighted by atomic mass is 16.6. The van der Waals surface area contributed by atoms with Gasteiger partial charge in [-0.1, -0.05) is 12.8 Å². The molecule has 0 aliphatic carbocycles. The van der Waals surface area contributed by atoms with Crippen molar-refractivity contribution in [2.75, 3.05) is 26.3 Å². The van der Waals surface area contributed by atoms with Gasteiger partial charge in [0.05, 0.1) is 11.0 Å². The summed E-state index contributed by atoms with van der Waals surface area (Å²) in [7, 11) is 0. The second kappa shape index (κ2) is 8.24. The Labute approximate surface area is 156 Å². The highest BCUT2D eigenvalue weighted by Gasteiger charge is 2.31. The molecule has 1 amide bonds. The van der Waals surface area contributed by atoms with E-state index in [1.54, 1.807) is 4.90 Å². The number of fused-ring (bicyclic) bond motifs is 1. The molecular weight excluding hydrogens is 356 g/mol. The van der Waals surface area contributed by atoms with Gasteiger partial charge >= 0.3 is 5.97 Å². The zero-order chi connectivity index (χ0) is 19.4. The molecule has 1 atom stereocenters. The van der Waals surface area contributed by atoms with Crippen LogP contribution in [0.25, 0.3) is 0 Å². The number of hydrogen-bond acceptors (Lipinski definition) is 7. The third-order valence-corrected chi connectivity index (χ3v) is 4.63. The van der Waals surface area contributed by atoms with E-state index in [9.17, 15) is 19.7 Å². The van der Waals surface area contributed by atoms with Gasteiger partial charge < -0.3 is 19.1 Å². The van der Waals surface area contributed by atoms with Gasteiger partial charge in [0.1, 0.15) is 18.8 Å². The van der Waals surface area contributed by atoms with Gasteiger partial charge in [0, 0.05) is 19.2 Å². The van der Waals surface area contributed by atoms with E-state index in [2.05, 4.69) is 0 Å². The Morgan fingerprint density at radius 1 is 1.11 bits per heavy atom. The standard InChI is InChI=1S/C18H22N2O7/c1-12(17(21)19-6-4-2-3-5-7-19)27-18(22)13-10-15-16(26-9-8-25-15)11-14(13)20(23)24/h10-12H,2-9H2,1H3. The molecule has 9 nitrogen and oxygen atoms in total. The molecule has 0 aromatic heterocycles. The second-order valence-corrected chi connectivity index (χ2v) is 6.56. The fraction of sp³-hybridized carbons (Fsp3) is 0.556. The van der Waals surface area contributed by atoms with Crippen molar-refractivity contribution in [3.05, 3.63) is 27.8 Å². The first-order valence-corrected chi connectivity index (χ1v) is 9.05. The first-order valence-electron chi connectivity index (χ1n) is 9.05. The maximum atomic E-state index is 12.5. The minimum Gasteiger partial charge on any atom is -0.486 e. The summed E-state index contributed by atoms with van der Waals surface area (Å²) in [6.07, 6.45) is 2.95. The van der Waals surface area contributed by atoms with Crippen LogP contribution < -0.4 is 9.47 Å². The Balaban J connectivity index is 1.76. The minimum atomic E-state index is -1.02. The van der Waals surface area contributed by atoms with Crippen LogP contribution in [0.5, 0.6) is 11.5 Å². The molecule has 1 saturated heterocycles. The Morgan fingerprint density at radius 2 is 1.70 bits per heavy atom. The largest absolute Gasteiger partial charge is 0.486 e. The zero-order valence-corrected chi connectivity index (χ0v) is 15.1. The van der Waals surface area contributed by atoms with Gasteiger partial charge in [-0.15, -0.1) is 0 Å². The highest BCUT2D eigenvalue weighted by Crippen LogP contribution is 2.37. The van der Waals surface area contributed by atoms with Crippen molar-refractivity contribution in [1.82, 2.24) is 4.90 Å². The molecule has 0 bridgehead atoms. The molecule has 1 aromatic carbocycles. The van der Waals surface area contributed by atoms with Crippen LogP contribution in [0.15, 0.2) is 12.1 Å². The third-order valence-electron chi connectivity index (χ3n) is 4.63. The highest BCUT2D eigenvalue weighted by molar-refractivity contribution is 5.96. The number of carbonyl (C=O) groups is 2. The molecular formula is C18H22N2O7. The van der Waals surface area contributed by atoms with Crippen LogP contribution in [0.1, 0.15) is 43.0 Å². The van der Waals surface area contributed by atoms with E-state index < -0.39 is 22.7 Å². The molecule has 2 aliphatic heterocycles. The number of nitrogens with zero attached hydrogens (tertiary/aromatic N) is 2. The Bertz CT molecular complexity index is 741. The lowest BCUT2D eigenvalue weighted by molar-refractivity contribution is -0.385. The van der Waals surface area contributed by atoms with E-state index in [4.69, 9.17) is 14.2 Å². The number of carbonyl (C=O) groups excluding carboxylic acids is 2. The van der Waals surface area contributed by atoms with Gasteiger partial charge in [-0.05, 0) is 19.8 Å². The van der Waals surface area contributed by atoms with Gasteiger partial charge in [-0.3, -0.25) is 14.9 Å². The van der Waals surface area contributed by atoms with Crippen molar-refractivity contribution in [2.45, 2.75) is 38.7 Å². The minimum absolute atomic E-state index is 0.207. The number of ether oxygens (including phenoxy) is 3. The first kappa shape index (κ1) is 18.9. The topological polar surface area (TPSA) is 108 Å². The van der Waals surface area contributed by atoms with E-state index in [0.717, 1.165) is 31.7 Å². The number of esters is 1. The van der Waals surface area contributed by atoms with Gasteiger partial charge in [0.15, 0.2) is 17.6 Å². The zero-order valence-electron chi connectivity index (χ0n) is 15.1. The average Bonchev–Trinajstić information content (AvgIpc) is 2.95. The molecule has 0 saturated carbocycles. The molecule has 2 aliphatic rings. The summed E-state index contributed by atoms with van der Waals surface area (Å²) in [5.74, 6) is -0.775. The van der Waals surface area contributed by atoms with Crippen LogP contribution >= 0.6 is 0 Å². The average molecular weight is 378 g/mol. The van der Waals surface area contributed by atoms with Crippen LogP contribution in [-0.4, -0.2) is 54.1 Å². The predicted octanol–water partition coefficient (Wildman–Crippen LogP) is 2.31. The van der Waals surface area contributed by atoms with Crippen LogP contribution in [0, 0.1) is 10.1 Å². The molecule has 2 heterocycles. The quantitative estimate of drug-likeness (QED) is 0.449. The summed E-state index contributed by atoms with van der Waals surface area (Å²) in [5.41, 5.74) is -0.710. The van der Waals surface area contributed by atoms with E-state index >= 15 is 0 Å². The predicted molar refractivity (Wildman–Crippen MR) is 94.0 cm³/mol. The Hall–Kier alpha value is -2.84. The number of amides is 1. The lowest BCUT2D eigenvalue weighted by atomic mass is 10.1. The van der Waals surface area contributed by atoms with Crippen molar-refractivity contribution >= 4 is 17.6 Å². The number of likely N-dealkylation sites (tertiary alicyclic amines) is 1. The molecule has 0 N–H and O–H groups in total. The van der Waals surface area contributed by atoms with E-state index in [0.29, 0.717) is 13.1 Å². The number of hydrogen-bond donors (Lipinski definition) is 0. The normalized spacial score (nSPS) is 17.6. The van der Waals surface area contributed by atoms with Crippen molar-refractivity contribution in [3.63, 3.8) is 0 Å². The lowest BCUT2D eigenvalue weighted by Gasteiger charge is -2.24. The summed E-state index contributed by atoms with van der Waals surface area (Å²) in [5, 5.41) is 11.3. The van der Waals surface area contributed by atoms with Crippen molar-refractivity contribution < 1.29 is 28.7 Å². The summed E-state index contributed by atoms with van der Waals surface area (Å²) in [4.78, 5) is 37.4. The molecule has 1 aromatic rings. The molecule has 9 heteroatoms. The molecule has 1 fully saturated rings. The third kappa shape index (κ3) is 4.29. The Kier molecular flexibility index (Phi) is 5.78. The Morgan fingerprint density at radius 3 is 2.30 bits per heavy atom. The molecule has 0 spiro atoms. The van der Waals surface area contributed by atoms with Crippen LogP contribution in [0.4, 0.5) is 5.69 Å². The number of rotatable bonds is 4. The molecule has 3 rings (SSSR count). The van der Waals surface area contributed by atoms with Gasteiger partial charge in [-0.2, -0.15) is 0 Å². The van der Waals surface area contributed by atoms with Crippen molar-refractivity contribution in [1.29, 1.82) is 0 Å². The van der Waals surface area contributed by atoms with Gasteiger partial charge in [0.2, 0.25) is 0 Å². The van der Waals surface area contributed by atoms with Crippen LogP contribution in [-0.2, 0) is 9.53 Å². The second-order valence-electron chi connectivity index (χ2n) is 6.56. The maximum Gasteiger partial charge on any atom is 0.346 e. The summed E-state index contributed by atoms with van der Waals surface area (Å²) >= 11 is 0. The van der Waals surface area contributed by atoms with Crippen LogP contribution in [0.3, 0.4) is 0 Å². The summed E-state index contributed by atoms with van der Waals surface area (Å²) in [6, 6.07) is 2.38. The molecule has 0 radical (unpaired) electrons. The van der Waals surface area contributed by atoms with E-state index in [1.807, 2.05) is 0 Å². The first-order chi connectivity index (χ1) is 13.0. The molecule has 1 unspecified atom stereocenters. The SMILES string of the molecule is CC(OC(=O)c1cc2c(cc1[N+](=O)[O-])OCCO2)C(=O)N1CCCCCC1. The lowest BCUT2D eigenvalue weighted by Crippen LogP contribution is -2.40. The fourth-order valence-electron chi connectivity index (χ4n) is 3.22. The molecule has 27 heavy (non-hydrogen) atoms. The summed E-state index contributed by atoms with van der Waals surface area (Å²) in [6.45, 7) is 3.29. The van der Waals surface area contributed by atoms with Crippen LogP contribution in [0.2, 0.25) is 0 Å². The monoisotopic (exact) mass is 378 g/mol. The van der Waals surface area contributed by atoms with E-state index in [1.165, 1.54) is 13.0 Å². The van der Waals surface area contributed by atoms with Crippen molar-refractivity contribution in [2.24, 2.45) is 0 Å². The summed E-state index contributed by atoms with van der Waals surface area (Å²) < 4.78 is 15.9. The number of nitro benzene ring substituents is 1. The fourth-order valence-corrected chi connectivity index (χ4v) is 3.22. The van der Waals surface area contributed by atoms with E-state index in [-0.39, 0.29) is 36.2 Å². The molecule has 146 valence electrons. The van der Waals surface area contributed by atoms with Crippen molar-refractivity contribution in [3.8, 4) is 11.5 Å². The smallest absolute Gasteiger partial charge is 0.346 e. The number of nitro groups is 1. The van der Waals surface area contributed by atoms with Gasteiger partial charge in [0.25, 0.3) is 11.6 Å². The maximum absolute atomic E-state index is 12.5. The number of benzene rings is 1.